The number of hydrogen-bond acceptors (Lipinski definition) is 8. The average molecular weight is 525 g/mol. The monoisotopic (exact) mass is 524 g/mol. The van der Waals surface area contributed by atoms with Gasteiger partial charge in [-0.05, 0) is 18.1 Å². The van der Waals surface area contributed by atoms with E-state index in [4.69, 9.17) is 28.4 Å². The molecule has 0 aliphatic heterocycles. The molecule has 2 atom stereocenters. The van der Waals surface area contributed by atoms with Crippen molar-refractivity contribution in [3.63, 3.8) is 0 Å². The molecular formula is C30H36O8. The van der Waals surface area contributed by atoms with Crippen LogP contribution in [-0.2, 0) is 35.0 Å². The summed E-state index contributed by atoms with van der Waals surface area (Å²) < 4.78 is 34.1. The summed E-state index contributed by atoms with van der Waals surface area (Å²) >= 11 is 0. The summed E-state index contributed by atoms with van der Waals surface area (Å²) in [5, 5.41) is 1.63. The predicted octanol–water partition coefficient (Wildman–Crippen LogP) is 4.76. The molecule has 0 saturated carbocycles. The van der Waals surface area contributed by atoms with E-state index in [9.17, 15) is 9.59 Å². The van der Waals surface area contributed by atoms with E-state index in [1.54, 1.807) is 12.2 Å². The van der Waals surface area contributed by atoms with E-state index in [-0.39, 0.29) is 26.4 Å². The Morgan fingerprint density at radius 2 is 1.32 bits per heavy atom. The molecule has 0 saturated heterocycles. The Kier molecular flexibility index (Phi) is 13.4. The number of rotatable bonds is 19. The van der Waals surface area contributed by atoms with Crippen molar-refractivity contribution < 1.29 is 38.0 Å². The molecule has 0 fully saturated rings. The van der Waals surface area contributed by atoms with Gasteiger partial charge in [-0.25, -0.2) is 9.59 Å². The molecule has 2 aromatic carbocycles. The van der Waals surface area contributed by atoms with Crippen molar-refractivity contribution in [2.45, 2.75) is 25.6 Å². The van der Waals surface area contributed by atoms with Crippen molar-refractivity contribution in [3.05, 3.63) is 86.5 Å². The summed E-state index contributed by atoms with van der Waals surface area (Å²) in [5.41, 5.74) is 0.891. The number of aryl methyl sites for hydroxylation is 1. The first-order valence-corrected chi connectivity index (χ1v) is 12.3. The highest BCUT2D eigenvalue weighted by Gasteiger charge is 2.20. The standard InChI is InChI=1S/C30H36O8/c1-6-15-33-18-23(37-28(31)9-4)20-35-27-17-22(8-3)30(26-14-12-11-13-25(26)27)36-21-24(19-34-16-7-2)38-29(32)10-5/h6-7,9-14,17,23-24H,1-2,4-5,8,15-16,18-21H2,3H3. The quantitative estimate of drug-likeness (QED) is 0.112. The molecule has 0 bridgehead atoms. The Morgan fingerprint density at radius 1 is 0.789 bits per heavy atom. The van der Waals surface area contributed by atoms with Gasteiger partial charge in [-0.15, -0.1) is 13.2 Å². The van der Waals surface area contributed by atoms with Gasteiger partial charge in [0.2, 0.25) is 0 Å². The van der Waals surface area contributed by atoms with Crippen LogP contribution in [-0.4, -0.2) is 63.8 Å². The molecule has 2 unspecified atom stereocenters. The van der Waals surface area contributed by atoms with Crippen molar-refractivity contribution in [3.8, 4) is 11.5 Å². The average Bonchev–Trinajstić information content (AvgIpc) is 2.94. The molecule has 2 rings (SSSR count). The second kappa shape index (κ2) is 16.8. The van der Waals surface area contributed by atoms with E-state index < -0.39 is 24.1 Å². The van der Waals surface area contributed by atoms with E-state index in [0.29, 0.717) is 31.1 Å². The molecular weight excluding hydrogens is 488 g/mol. The molecule has 0 spiro atoms. The number of esters is 2. The largest absolute Gasteiger partial charge is 0.489 e. The maximum Gasteiger partial charge on any atom is 0.330 e. The van der Waals surface area contributed by atoms with Crippen LogP contribution in [0.1, 0.15) is 12.5 Å². The first kappa shape index (κ1) is 30.3. The predicted molar refractivity (Wildman–Crippen MR) is 147 cm³/mol. The third-order valence-corrected chi connectivity index (χ3v) is 5.23. The molecule has 0 radical (unpaired) electrons. The lowest BCUT2D eigenvalue weighted by Gasteiger charge is -2.22. The van der Waals surface area contributed by atoms with Crippen molar-refractivity contribution in [1.29, 1.82) is 0 Å². The van der Waals surface area contributed by atoms with Crippen LogP contribution in [0.4, 0.5) is 0 Å². The number of carbonyl (C=O) groups is 2. The van der Waals surface area contributed by atoms with Gasteiger partial charge in [0.05, 0.1) is 26.4 Å². The third-order valence-electron chi connectivity index (χ3n) is 5.23. The molecule has 8 heteroatoms. The van der Waals surface area contributed by atoms with Crippen LogP contribution in [0.25, 0.3) is 10.8 Å². The second-order valence-electron chi connectivity index (χ2n) is 8.06. The topological polar surface area (TPSA) is 89.5 Å². The third kappa shape index (κ3) is 9.53. The van der Waals surface area contributed by atoms with Crippen LogP contribution in [0.15, 0.2) is 81.0 Å². The summed E-state index contributed by atoms with van der Waals surface area (Å²) in [6.45, 7) is 17.2. The lowest BCUT2D eigenvalue weighted by Crippen LogP contribution is -2.30. The maximum absolute atomic E-state index is 11.8. The van der Waals surface area contributed by atoms with Gasteiger partial charge >= 0.3 is 11.9 Å². The van der Waals surface area contributed by atoms with Crippen LogP contribution in [0.3, 0.4) is 0 Å². The Bertz CT molecular complexity index is 1110. The summed E-state index contributed by atoms with van der Waals surface area (Å²) in [6, 6.07) is 9.54. The molecule has 0 N–H and O–H groups in total. The van der Waals surface area contributed by atoms with Crippen molar-refractivity contribution in [2.75, 3.05) is 39.6 Å². The molecule has 0 aliphatic carbocycles. The lowest BCUT2D eigenvalue weighted by atomic mass is 10.0. The number of benzene rings is 2. The van der Waals surface area contributed by atoms with Crippen LogP contribution in [0, 0.1) is 0 Å². The van der Waals surface area contributed by atoms with Crippen LogP contribution in [0.2, 0.25) is 0 Å². The Hall–Kier alpha value is -3.88. The summed E-state index contributed by atoms with van der Waals surface area (Å²) in [5.74, 6) is 0.140. The number of carbonyl (C=O) groups excluding carboxylic acids is 2. The van der Waals surface area contributed by atoms with E-state index in [1.807, 2.05) is 37.3 Å². The number of hydrogen-bond donors (Lipinski definition) is 0. The lowest BCUT2D eigenvalue weighted by molar-refractivity contribution is -0.148. The zero-order valence-corrected chi connectivity index (χ0v) is 21.9. The molecule has 2 aromatic rings. The molecule has 0 aromatic heterocycles. The highest BCUT2D eigenvalue weighted by atomic mass is 16.6. The SMILES string of the molecule is C=CCOCC(COc1cc(CC)c(OCC(COCC=C)OC(=O)C=C)c2ccccc12)OC(=O)C=C. The summed E-state index contributed by atoms with van der Waals surface area (Å²) in [6.07, 6.45) is 4.79. The zero-order chi connectivity index (χ0) is 27.8. The fourth-order valence-electron chi connectivity index (χ4n) is 3.50. The number of ether oxygens (including phenoxy) is 6. The van der Waals surface area contributed by atoms with Gasteiger partial charge in [0, 0.05) is 22.9 Å². The van der Waals surface area contributed by atoms with Crippen LogP contribution >= 0.6 is 0 Å². The summed E-state index contributed by atoms with van der Waals surface area (Å²) in [4.78, 5) is 23.6. The Balaban J connectivity index is 2.29. The zero-order valence-electron chi connectivity index (χ0n) is 21.9. The van der Waals surface area contributed by atoms with Gasteiger partial charge < -0.3 is 28.4 Å². The maximum atomic E-state index is 11.8. The fourth-order valence-corrected chi connectivity index (χ4v) is 3.50. The van der Waals surface area contributed by atoms with Gasteiger partial charge in [0.15, 0.2) is 12.2 Å². The minimum atomic E-state index is -0.643. The first-order chi connectivity index (χ1) is 18.5. The van der Waals surface area contributed by atoms with Gasteiger partial charge in [0.25, 0.3) is 0 Å². The second-order valence-corrected chi connectivity index (χ2v) is 8.06. The molecule has 204 valence electrons. The van der Waals surface area contributed by atoms with E-state index in [2.05, 4.69) is 26.3 Å². The summed E-state index contributed by atoms with van der Waals surface area (Å²) in [7, 11) is 0. The van der Waals surface area contributed by atoms with E-state index in [0.717, 1.165) is 28.5 Å². The molecule has 0 amide bonds. The number of fused-ring (bicyclic) bond motifs is 1. The Morgan fingerprint density at radius 3 is 1.82 bits per heavy atom. The minimum Gasteiger partial charge on any atom is -0.489 e. The normalized spacial score (nSPS) is 12.1. The molecule has 0 heterocycles. The van der Waals surface area contributed by atoms with Crippen LogP contribution < -0.4 is 9.47 Å². The van der Waals surface area contributed by atoms with Crippen molar-refractivity contribution in [1.82, 2.24) is 0 Å². The van der Waals surface area contributed by atoms with E-state index >= 15 is 0 Å². The fraction of sp³-hybridized carbons (Fsp3) is 0.333. The van der Waals surface area contributed by atoms with Crippen molar-refractivity contribution >= 4 is 22.7 Å². The first-order valence-electron chi connectivity index (χ1n) is 12.3. The smallest absolute Gasteiger partial charge is 0.330 e. The highest BCUT2D eigenvalue weighted by molar-refractivity contribution is 5.94. The Labute approximate surface area is 224 Å². The van der Waals surface area contributed by atoms with Gasteiger partial charge in [-0.3, -0.25) is 0 Å². The molecule has 0 aliphatic rings. The van der Waals surface area contributed by atoms with Crippen molar-refractivity contribution in [2.24, 2.45) is 0 Å². The van der Waals surface area contributed by atoms with E-state index in [1.165, 1.54) is 0 Å². The van der Waals surface area contributed by atoms with Gasteiger partial charge in [0.1, 0.15) is 24.7 Å². The molecule has 38 heavy (non-hydrogen) atoms. The minimum absolute atomic E-state index is 0.0737. The highest BCUT2D eigenvalue weighted by Crippen LogP contribution is 2.37. The molecule has 8 nitrogen and oxygen atoms in total. The van der Waals surface area contributed by atoms with Crippen LogP contribution in [0.5, 0.6) is 11.5 Å². The van der Waals surface area contributed by atoms with Gasteiger partial charge in [-0.1, -0.05) is 56.5 Å². The van der Waals surface area contributed by atoms with Gasteiger partial charge in [-0.2, -0.15) is 0 Å².